The van der Waals surface area contributed by atoms with Crippen LogP contribution in [-0.4, -0.2) is 12.1 Å². The van der Waals surface area contributed by atoms with Gasteiger partial charge in [-0.2, -0.15) is 0 Å². The summed E-state index contributed by atoms with van der Waals surface area (Å²) in [7, 11) is 1.69. The third kappa shape index (κ3) is 2.31. The van der Waals surface area contributed by atoms with Gasteiger partial charge in [-0.05, 0) is 40.4 Å². The van der Waals surface area contributed by atoms with E-state index in [4.69, 9.17) is 9.72 Å². The Morgan fingerprint density at radius 3 is 2.27 bits per heavy atom. The lowest BCUT2D eigenvalue weighted by molar-refractivity contribution is 0.415. The number of ether oxygens (including phenoxy) is 1. The lowest BCUT2D eigenvalue weighted by atomic mass is 9.98. The minimum atomic E-state index is 0.850. The molecule has 0 aliphatic rings. The average molecular weight is 335 g/mol. The number of nitrogens with zero attached hydrogens (tertiary/aromatic N) is 1. The molecular formula is C24H17NO. The fourth-order valence-electron chi connectivity index (χ4n) is 3.62. The van der Waals surface area contributed by atoms with E-state index in [2.05, 4.69) is 72.8 Å². The normalized spacial score (nSPS) is 11.3. The van der Waals surface area contributed by atoms with E-state index >= 15 is 0 Å². The van der Waals surface area contributed by atoms with E-state index in [1.54, 1.807) is 7.11 Å². The maximum absolute atomic E-state index is 5.41. The van der Waals surface area contributed by atoms with Crippen molar-refractivity contribution >= 4 is 32.4 Å². The van der Waals surface area contributed by atoms with Crippen LogP contribution in [0.2, 0.25) is 0 Å². The Hall–Kier alpha value is -3.39. The smallest absolute Gasteiger partial charge is 0.119 e. The van der Waals surface area contributed by atoms with E-state index in [-0.39, 0.29) is 0 Å². The van der Waals surface area contributed by atoms with E-state index in [1.807, 2.05) is 12.1 Å². The topological polar surface area (TPSA) is 22.1 Å². The molecule has 0 aliphatic heterocycles. The highest BCUT2D eigenvalue weighted by Gasteiger charge is 2.11. The first-order valence-electron chi connectivity index (χ1n) is 8.69. The Balaban J connectivity index is 1.85. The van der Waals surface area contributed by atoms with E-state index in [0.717, 1.165) is 33.3 Å². The van der Waals surface area contributed by atoms with Gasteiger partial charge in [0.2, 0.25) is 0 Å². The van der Waals surface area contributed by atoms with Crippen LogP contribution in [0.5, 0.6) is 5.75 Å². The van der Waals surface area contributed by atoms with Gasteiger partial charge in [0.25, 0.3) is 0 Å². The van der Waals surface area contributed by atoms with Crippen LogP contribution in [-0.2, 0) is 0 Å². The Morgan fingerprint density at radius 1 is 0.654 bits per heavy atom. The van der Waals surface area contributed by atoms with E-state index < -0.39 is 0 Å². The van der Waals surface area contributed by atoms with Crippen molar-refractivity contribution < 1.29 is 4.74 Å². The zero-order valence-electron chi connectivity index (χ0n) is 14.4. The van der Waals surface area contributed by atoms with E-state index in [9.17, 15) is 0 Å². The predicted octanol–water partition coefficient (Wildman–Crippen LogP) is 6.22. The predicted molar refractivity (Wildman–Crippen MR) is 109 cm³/mol. The molecule has 0 saturated carbocycles. The van der Waals surface area contributed by atoms with Crippen LogP contribution in [0.3, 0.4) is 0 Å². The first-order chi connectivity index (χ1) is 12.8. The molecule has 2 nitrogen and oxygen atoms in total. The minimum Gasteiger partial charge on any atom is -0.497 e. The molecule has 26 heavy (non-hydrogen) atoms. The summed E-state index contributed by atoms with van der Waals surface area (Å²) in [5.74, 6) is 0.850. The second-order valence-electron chi connectivity index (χ2n) is 6.45. The van der Waals surface area contributed by atoms with Crippen molar-refractivity contribution in [2.45, 2.75) is 0 Å². The molecule has 0 unspecified atom stereocenters. The third-order valence-corrected chi connectivity index (χ3v) is 4.93. The Bertz CT molecular complexity index is 1270. The highest BCUT2D eigenvalue weighted by Crippen LogP contribution is 2.34. The van der Waals surface area contributed by atoms with Gasteiger partial charge in [-0.15, -0.1) is 0 Å². The minimum absolute atomic E-state index is 0.850. The number of fused-ring (bicyclic) bond motifs is 4. The molecule has 0 bridgehead atoms. The first kappa shape index (κ1) is 14.9. The first-order valence-corrected chi connectivity index (χ1v) is 8.69. The van der Waals surface area contributed by atoms with E-state index in [1.165, 1.54) is 16.2 Å². The highest BCUT2D eigenvalue weighted by atomic mass is 16.5. The zero-order valence-corrected chi connectivity index (χ0v) is 14.4. The van der Waals surface area contributed by atoms with Gasteiger partial charge in [0.1, 0.15) is 5.75 Å². The molecule has 0 aliphatic carbocycles. The summed E-state index contributed by atoms with van der Waals surface area (Å²) in [6, 6.07) is 29.5. The summed E-state index contributed by atoms with van der Waals surface area (Å²) in [4.78, 5) is 5.00. The van der Waals surface area contributed by atoms with Gasteiger partial charge < -0.3 is 4.74 Å². The quantitative estimate of drug-likeness (QED) is 0.357. The van der Waals surface area contributed by atoms with Crippen LogP contribution in [0.15, 0.2) is 84.9 Å². The second-order valence-corrected chi connectivity index (χ2v) is 6.45. The monoisotopic (exact) mass is 335 g/mol. The fourth-order valence-corrected chi connectivity index (χ4v) is 3.62. The van der Waals surface area contributed by atoms with Crippen LogP contribution < -0.4 is 4.74 Å². The van der Waals surface area contributed by atoms with Gasteiger partial charge in [-0.3, -0.25) is 0 Å². The van der Waals surface area contributed by atoms with Crippen molar-refractivity contribution in [2.75, 3.05) is 7.11 Å². The van der Waals surface area contributed by atoms with Crippen molar-refractivity contribution in [3.63, 3.8) is 0 Å². The second kappa shape index (κ2) is 5.85. The summed E-state index contributed by atoms with van der Waals surface area (Å²) in [6.07, 6.45) is 0. The molecule has 4 aromatic carbocycles. The molecule has 5 rings (SSSR count). The summed E-state index contributed by atoms with van der Waals surface area (Å²) in [6.45, 7) is 0. The summed E-state index contributed by atoms with van der Waals surface area (Å²) < 4.78 is 5.41. The molecule has 0 amide bonds. The number of benzene rings is 4. The van der Waals surface area contributed by atoms with E-state index in [0.29, 0.717) is 0 Å². The van der Waals surface area contributed by atoms with Crippen molar-refractivity contribution in [3.05, 3.63) is 84.9 Å². The average Bonchev–Trinajstić information content (AvgIpc) is 2.72. The van der Waals surface area contributed by atoms with Gasteiger partial charge in [0, 0.05) is 16.3 Å². The molecule has 0 spiro atoms. The molecule has 1 heterocycles. The van der Waals surface area contributed by atoms with Crippen LogP contribution in [0.25, 0.3) is 43.7 Å². The summed E-state index contributed by atoms with van der Waals surface area (Å²) >= 11 is 0. The lowest BCUT2D eigenvalue weighted by Gasteiger charge is -2.11. The SMILES string of the molecule is COc1ccc2nc(-c3ccc4ccccc4c3)c3ccccc3c2c1. The summed E-state index contributed by atoms with van der Waals surface area (Å²) in [5, 5.41) is 5.93. The van der Waals surface area contributed by atoms with Crippen molar-refractivity contribution in [1.82, 2.24) is 4.98 Å². The highest BCUT2D eigenvalue weighted by molar-refractivity contribution is 6.11. The van der Waals surface area contributed by atoms with Crippen molar-refractivity contribution in [1.29, 1.82) is 0 Å². The Morgan fingerprint density at radius 2 is 1.42 bits per heavy atom. The largest absolute Gasteiger partial charge is 0.497 e. The van der Waals surface area contributed by atoms with Gasteiger partial charge in [-0.1, -0.05) is 60.7 Å². The van der Waals surface area contributed by atoms with Crippen LogP contribution in [0.4, 0.5) is 0 Å². The number of rotatable bonds is 2. The Kier molecular flexibility index (Phi) is 3.36. The molecule has 5 aromatic rings. The molecule has 0 N–H and O–H groups in total. The number of methoxy groups -OCH3 is 1. The molecule has 0 saturated heterocycles. The number of hydrogen-bond donors (Lipinski definition) is 0. The van der Waals surface area contributed by atoms with Crippen LogP contribution in [0.1, 0.15) is 0 Å². The molecule has 0 atom stereocenters. The molecule has 124 valence electrons. The Labute approximate surface area is 151 Å². The summed E-state index contributed by atoms with van der Waals surface area (Å²) in [5.41, 5.74) is 3.13. The molecule has 0 fully saturated rings. The van der Waals surface area contributed by atoms with Crippen molar-refractivity contribution in [2.24, 2.45) is 0 Å². The number of pyridine rings is 1. The third-order valence-electron chi connectivity index (χ3n) is 4.93. The molecular weight excluding hydrogens is 318 g/mol. The zero-order chi connectivity index (χ0) is 17.5. The van der Waals surface area contributed by atoms with Gasteiger partial charge >= 0.3 is 0 Å². The van der Waals surface area contributed by atoms with Gasteiger partial charge in [-0.25, -0.2) is 4.98 Å². The molecule has 2 heteroatoms. The van der Waals surface area contributed by atoms with Gasteiger partial charge in [0.05, 0.1) is 18.3 Å². The maximum atomic E-state index is 5.41. The standard InChI is InChI=1S/C24H17NO/c1-26-19-12-13-23-22(15-19)20-8-4-5-9-21(20)24(25-23)18-11-10-16-6-2-3-7-17(16)14-18/h2-15H,1H3. The van der Waals surface area contributed by atoms with Gasteiger partial charge in [0.15, 0.2) is 0 Å². The van der Waals surface area contributed by atoms with Crippen LogP contribution in [0, 0.1) is 0 Å². The van der Waals surface area contributed by atoms with Crippen LogP contribution >= 0.6 is 0 Å². The van der Waals surface area contributed by atoms with Crippen molar-refractivity contribution in [3.8, 4) is 17.0 Å². The number of aromatic nitrogens is 1. The molecule has 0 radical (unpaired) electrons. The lowest BCUT2D eigenvalue weighted by Crippen LogP contribution is -1.91. The molecule has 1 aromatic heterocycles. The maximum Gasteiger partial charge on any atom is 0.119 e. The fraction of sp³-hybridized carbons (Fsp3) is 0.0417. The number of hydrogen-bond acceptors (Lipinski definition) is 2.